The normalized spacial score (nSPS) is 26.6. The van der Waals surface area contributed by atoms with Crippen LogP contribution >= 0.6 is 0 Å². The molecule has 2 heteroatoms. The second-order valence-electron chi connectivity index (χ2n) is 6.49. The van der Waals surface area contributed by atoms with Gasteiger partial charge >= 0.3 is 0 Å². The molecular formula is C18H30N2. The molecule has 1 fully saturated rings. The molecule has 112 valence electrons. The summed E-state index contributed by atoms with van der Waals surface area (Å²) in [7, 11) is 2.08. The number of likely N-dealkylation sites (N-methyl/N-ethyl adjacent to an activating group) is 1. The minimum absolute atomic E-state index is 0.411. The fourth-order valence-electron chi connectivity index (χ4n) is 3.74. The highest BCUT2D eigenvalue weighted by atomic mass is 15.2. The molecule has 2 nitrogen and oxygen atoms in total. The maximum Gasteiger partial charge on any atom is 0.0473 e. The van der Waals surface area contributed by atoms with Gasteiger partial charge in [-0.05, 0) is 50.8 Å². The van der Waals surface area contributed by atoms with E-state index in [1.165, 1.54) is 24.1 Å². The Morgan fingerprint density at radius 3 is 2.35 bits per heavy atom. The third kappa shape index (κ3) is 3.24. The van der Waals surface area contributed by atoms with E-state index in [-0.39, 0.29) is 0 Å². The molecule has 0 aliphatic carbocycles. The van der Waals surface area contributed by atoms with Crippen molar-refractivity contribution in [3.05, 3.63) is 35.4 Å². The van der Waals surface area contributed by atoms with Crippen molar-refractivity contribution < 1.29 is 0 Å². The molecule has 1 aliphatic rings. The van der Waals surface area contributed by atoms with Crippen LogP contribution in [0.15, 0.2) is 24.3 Å². The summed E-state index contributed by atoms with van der Waals surface area (Å²) in [6, 6.07) is 10.8. The highest BCUT2D eigenvalue weighted by Crippen LogP contribution is 2.30. The molecule has 1 heterocycles. The minimum Gasteiger partial charge on any atom is -0.312 e. The highest BCUT2D eigenvalue weighted by molar-refractivity contribution is 5.26. The van der Waals surface area contributed by atoms with Gasteiger partial charge in [-0.2, -0.15) is 0 Å². The summed E-state index contributed by atoms with van der Waals surface area (Å²) in [6.07, 6.45) is 2.44. The molecule has 0 bridgehead atoms. The van der Waals surface area contributed by atoms with Crippen LogP contribution in [0.3, 0.4) is 0 Å². The zero-order chi connectivity index (χ0) is 14.7. The van der Waals surface area contributed by atoms with Gasteiger partial charge in [-0.15, -0.1) is 0 Å². The fourth-order valence-corrected chi connectivity index (χ4v) is 3.74. The minimum atomic E-state index is 0.411. The maximum atomic E-state index is 3.53. The molecule has 1 aromatic carbocycles. The van der Waals surface area contributed by atoms with Crippen molar-refractivity contribution in [2.75, 3.05) is 13.6 Å². The average molecular weight is 274 g/mol. The van der Waals surface area contributed by atoms with Gasteiger partial charge in [-0.1, -0.05) is 38.1 Å². The monoisotopic (exact) mass is 274 g/mol. The van der Waals surface area contributed by atoms with Gasteiger partial charge in [0.05, 0.1) is 0 Å². The zero-order valence-electron chi connectivity index (χ0n) is 13.7. The molecule has 0 saturated carbocycles. The first-order valence-corrected chi connectivity index (χ1v) is 8.08. The quantitative estimate of drug-likeness (QED) is 0.882. The molecule has 0 amide bonds. The van der Waals surface area contributed by atoms with Crippen LogP contribution in [-0.4, -0.2) is 30.6 Å². The zero-order valence-corrected chi connectivity index (χ0v) is 13.7. The Kier molecular flexibility index (Phi) is 5.22. The van der Waals surface area contributed by atoms with Gasteiger partial charge in [-0.25, -0.2) is 0 Å². The summed E-state index contributed by atoms with van der Waals surface area (Å²) < 4.78 is 0. The van der Waals surface area contributed by atoms with Crippen LogP contribution in [0.5, 0.6) is 0 Å². The molecule has 4 unspecified atom stereocenters. The van der Waals surface area contributed by atoms with Gasteiger partial charge < -0.3 is 5.32 Å². The third-order valence-corrected chi connectivity index (χ3v) is 4.90. The van der Waals surface area contributed by atoms with Crippen LogP contribution in [0.2, 0.25) is 0 Å². The van der Waals surface area contributed by atoms with E-state index in [1.54, 1.807) is 0 Å². The molecule has 2 rings (SSSR count). The van der Waals surface area contributed by atoms with Crippen LogP contribution in [0.1, 0.15) is 51.3 Å². The van der Waals surface area contributed by atoms with Crippen molar-refractivity contribution in [3.63, 3.8) is 0 Å². The standard InChI is InChI=1S/C18H30N2/c1-6-16-7-9-17(10-8-16)18(19-5)15(4)20-12-13(2)11-14(20)3/h7-10,13-15,18-19H,6,11-12H2,1-5H3. The van der Waals surface area contributed by atoms with E-state index in [4.69, 9.17) is 0 Å². The number of hydrogen-bond acceptors (Lipinski definition) is 2. The Balaban J connectivity index is 2.14. The second-order valence-corrected chi connectivity index (χ2v) is 6.49. The number of nitrogens with one attached hydrogen (secondary N) is 1. The van der Waals surface area contributed by atoms with Crippen molar-refractivity contribution in [3.8, 4) is 0 Å². The molecule has 0 radical (unpaired) electrons. The van der Waals surface area contributed by atoms with Gasteiger partial charge in [0, 0.05) is 24.7 Å². The average Bonchev–Trinajstić information content (AvgIpc) is 2.79. The fraction of sp³-hybridized carbons (Fsp3) is 0.667. The van der Waals surface area contributed by atoms with Gasteiger partial charge in [0.25, 0.3) is 0 Å². The van der Waals surface area contributed by atoms with Gasteiger partial charge in [0.1, 0.15) is 0 Å². The molecule has 4 atom stereocenters. The van der Waals surface area contributed by atoms with Crippen LogP contribution < -0.4 is 5.32 Å². The van der Waals surface area contributed by atoms with Crippen molar-refractivity contribution in [1.29, 1.82) is 0 Å². The van der Waals surface area contributed by atoms with Crippen molar-refractivity contribution in [1.82, 2.24) is 10.2 Å². The van der Waals surface area contributed by atoms with E-state index in [0.29, 0.717) is 18.1 Å². The van der Waals surface area contributed by atoms with E-state index in [2.05, 4.69) is 69.2 Å². The number of aryl methyl sites for hydroxylation is 1. The lowest BCUT2D eigenvalue weighted by molar-refractivity contribution is 0.164. The SMILES string of the molecule is CCc1ccc(C(NC)C(C)N2CC(C)CC2C)cc1. The van der Waals surface area contributed by atoms with Crippen molar-refractivity contribution in [2.24, 2.45) is 5.92 Å². The van der Waals surface area contributed by atoms with Crippen LogP contribution in [-0.2, 0) is 6.42 Å². The molecule has 1 aromatic rings. The van der Waals surface area contributed by atoms with Crippen LogP contribution in [0.25, 0.3) is 0 Å². The summed E-state index contributed by atoms with van der Waals surface area (Å²) >= 11 is 0. The number of nitrogens with zero attached hydrogens (tertiary/aromatic N) is 1. The second kappa shape index (κ2) is 6.73. The summed E-state index contributed by atoms with van der Waals surface area (Å²) in [5, 5.41) is 3.53. The van der Waals surface area contributed by atoms with E-state index in [0.717, 1.165) is 12.3 Å². The lowest BCUT2D eigenvalue weighted by atomic mass is 9.97. The molecule has 0 spiro atoms. The van der Waals surface area contributed by atoms with E-state index < -0.39 is 0 Å². The Hall–Kier alpha value is -0.860. The molecule has 1 N–H and O–H groups in total. The first kappa shape index (κ1) is 15.5. The van der Waals surface area contributed by atoms with E-state index in [1.807, 2.05) is 0 Å². The summed E-state index contributed by atoms with van der Waals surface area (Å²) in [5.74, 6) is 0.826. The Bertz CT molecular complexity index is 412. The van der Waals surface area contributed by atoms with E-state index in [9.17, 15) is 0 Å². The van der Waals surface area contributed by atoms with Crippen molar-refractivity contribution in [2.45, 2.75) is 58.7 Å². The molecule has 1 aliphatic heterocycles. The third-order valence-electron chi connectivity index (χ3n) is 4.90. The molecule has 20 heavy (non-hydrogen) atoms. The Morgan fingerprint density at radius 1 is 1.25 bits per heavy atom. The van der Waals surface area contributed by atoms with Gasteiger partial charge in [0.2, 0.25) is 0 Å². The van der Waals surface area contributed by atoms with E-state index >= 15 is 0 Å². The first-order valence-electron chi connectivity index (χ1n) is 8.08. The predicted octanol–water partition coefficient (Wildman–Crippen LogP) is 3.63. The summed E-state index contributed by atoms with van der Waals surface area (Å²) in [5.41, 5.74) is 2.82. The van der Waals surface area contributed by atoms with Crippen LogP contribution in [0.4, 0.5) is 0 Å². The topological polar surface area (TPSA) is 15.3 Å². The Morgan fingerprint density at radius 2 is 1.90 bits per heavy atom. The maximum absolute atomic E-state index is 3.53. The van der Waals surface area contributed by atoms with Crippen LogP contribution in [0, 0.1) is 5.92 Å². The smallest absolute Gasteiger partial charge is 0.0473 e. The molecular weight excluding hydrogens is 244 g/mol. The largest absolute Gasteiger partial charge is 0.312 e. The molecule has 1 saturated heterocycles. The molecule has 0 aromatic heterocycles. The van der Waals surface area contributed by atoms with Gasteiger partial charge in [-0.3, -0.25) is 4.90 Å². The predicted molar refractivity (Wildman–Crippen MR) is 87.0 cm³/mol. The van der Waals surface area contributed by atoms with Crippen molar-refractivity contribution >= 4 is 0 Å². The van der Waals surface area contributed by atoms with Gasteiger partial charge in [0.15, 0.2) is 0 Å². The summed E-state index contributed by atoms with van der Waals surface area (Å²) in [6.45, 7) is 10.5. The summed E-state index contributed by atoms with van der Waals surface area (Å²) in [4.78, 5) is 2.67. The lowest BCUT2D eigenvalue weighted by Gasteiger charge is -2.35. The highest BCUT2D eigenvalue weighted by Gasteiger charge is 2.33. The number of rotatable bonds is 5. The first-order chi connectivity index (χ1) is 9.56. The number of likely N-dealkylation sites (tertiary alicyclic amines) is 1. The number of hydrogen-bond donors (Lipinski definition) is 1. The Labute approximate surface area is 124 Å². The lowest BCUT2D eigenvalue weighted by Crippen LogP contribution is -2.43. The number of benzene rings is 1.